The Hall–Kier alpha value is -2.98. The summed E-state index contributed by atoms with van der Waals surface area (Å²) < 4.78 is 11.6. The first-order valence-electron chi connectivity index (χ1n) is 8.36. The highest BCUT2D eigenvalue weighted by atomic mass is 16.5. The Morgan fingerprint density at radius 2 is 1.80 bits per heavy atom. The van der Waals surface area contributed by atoms with Crippen LogP contribution in [0.5, 0.6) is 11.5 Å². The van der Waals surface area contributed by atoms with Crippen molar-refractivity contribution in [2.24, 2.45) is 0 Å². The summed E-state index contributed by atoms with van der Waals surface area (Å²) in [6.07, 6.45) is 5.83. The van der Waals surface area contributed by atoms with Gasteiger partial charge in [0.05, 0.1) is 6.26 Å². The molecule has 0 bridgehead atoms. The number of hydrogen-bond acceptors (Lipinski definition) is 4. The van der Waals surface area contributed by atoms with Gasteiger partial charge in [-0.25, -0.2) is 0 Å². The lowest BCUT2D eigenvalue weighted by molar-refractivity contribution is 0.472. The Morgan fingerprint density at radius 3 is 2.52 bits per heavy atom. The molecule has 1 aromatic heterocycles. The Bertz CT molecular complexity index is 864. The van der Waals surface area contributed by atoms with Crippen molar-refractivity contribution in [2.45, 2.75) is 13.1 Å². The average molecular weight is 332 g/mol. The number of rotatable bonds is 4. The minimum atomic E-state index is 0.138. The average Bonchev–Trinajstić information content (AvgIpc) is 3.13. The molecule has 0 spiro atoms. The van der Waals surface area contributed by atoms with Crippen LogP contribution in [0.15, 0.2) is 77.6 Å². The molecule has 1 aliphatic rings. The zero-order valence-electron chi connectivity index (χ0n) is 14.0. The fourth-order valence-electron chi connectivity index (χ4n) is 2.83. The minimum Gasteiger partial charge on any atom is -0.460 e. The van der Waals surface area contributed by atoms with Crippen molar-refractivity contribution in [2.75, 3.05) is 6.54 Å². The van der Waals surface area contributed by atoms with E-state index < -0.39 is 0 Å². The maximum absolute atomic E-state index is 5.98. The Morgan fingerprint density at radius 1 is 1.00 bits per heavy atom. The first-order valence-corrected chi connectivity index (χ1v) is 8.36. The molecule has 3 aromatic rings. The van der Waals surface area contributed by atoms with Crippen LogP contribution < -0.4 is 15.4 Å². The molecular weight excluding hydrogens is 312 g/mol. The number of ether oxygens (including phenoxy) is 1. The lowest BCUT2D eigenvalue weighted by Gasteiger charge is -2.22. The SMILES string of the molecule is Cc1ccc(Oc2ccoc2-c2ccc(C3NC=CCN3)cc2)cc1. The molecule has 25 heavy (non-hydrogen) atoms. The molecule has 2 heterocycles. The summed E-state index contributed by atoms with van der Waals surface area (Å²) in [4.78, 5) is 0. The third kappa shape index (κ3) is 3.44. The Kier molecular flexibility index (Phi) is 4.27. The fourth-order valence-corrected chi connectivity index (χ4v) is 2.83. The lowest BCUT2D eigenvalue weighted by Crippen LogP contribution is -2.34. The van der Waals surface area contributed by atoms with Crippen LogP contribution in [0.2, 0.25) is 0 Å². The molecule has 2 aromatic carbocycles. The summed E-state index contributed by atoms with van der Waals surface area (Å²) in [6, 6.07) is 18.1. The van der Waals surface area contributed by atoms with Crippen molar-refractivity contribution in [3.05, 3.63) is 84.3 Å². The molecule has 126 valence electrons. The minimum absolute atomic E-state index is 0.138. The van der Waals surface area contributed by atoms with Gasteiger partial charge in [-0.1, -0.05) is 48.0 Å². The van der Waals surface area contributed by atoms with Gasteiger partial charge in [-0.2, -0.15) is 0 Å². The number of aryl methyl sites for hydroxylation is 1. The zero-order valence-corrected chi connectivity index (χ0v) is 14.0. The van der Waals surface area contributed by atoms with E-state index >= 15 is 0 Å². The monoisotopic (exact) mass is 332 g/mol. The van der Waals surface area contributed by atoms with E-state index in [4.69, 9.17) is 9.15 Å². The summed E-state index contributed by atoms with van der Waals surface area (Å²) in [6.45, 7) is 2.92. The summed E-state index contributed by atoms with van der Waals surface area (Å²) in [7, 11) is 0. The summed E-state index contributed by atoms with van der Waals surface area (Å²) >= 11 is 0. The predicted molar refractivity (Wildman–Crippen MR) is 98.4 cm³/mol. The maximum atomic E-state index is 5.98. The van der Waals surface area contributed by atoms with E-state index in [-0.39, 0.29) is 6.17 Å². The molecule has 4 rings (SSSR count). The topological polar surface area (TPSA) is 46.4 Å². The molecular formula is C21H20N2O2. The third-order valence-corrected chi connectivity index (χ3v) is 4.20. The van der Waals surface area contributed by atoms with Crippen molar-refractivity contribution < 1.29 is 9.15 Å². The van der Waals surface area contributed by atoms with E-state index in [0.29, 0.717) is 5.75 Å². The lowest BCUT2D eigenvalue weighted by atomic mass is 10.1. The maximum Gasteiger partial charge on any atom is 0.176 e. The van der Waals surface area contributed by atoms with Gasteiger partial charge in [0.15, 0.2) is 11.5 Å². The van der Waals surface area contributed by atoms with Gasteiger partial charge in [0.2, 0.25) is 0 Å². The summed E-state index contributed by atoms with van der Waals surface area (Å²) in [5.41, 5.74) is 3.37. The van der Waals surface area contributed by atoms with Crippen LogP contribution in [0.25, 0.3) is 11.3 Å². The highest BCUT2D eigenvalue weighted by Gasteiger charge is 2.14. The standard InChI is InChI=1S/C21H20N2O2/c1-15-3-9-18(10-4-15)25-19-11-14-24-20(19)16-5-7-17(8-6-16)21-22-12-2-13-23-21/h2-12,14,21-23H,13H2,1H3. The van der Waals surface area contributed by atoms with Gasteiger partial charge in [-0.05, 0) is 30.8 Å². The highest BCUT2D eigenvalue weighted by molar-refractivity contribution is 5.65. The molecule has 1 atom stereocenters. The second kappa shape index (κ2) is 6.87. The molecule has 1 aliphatic heterocycles. The number of nitrogens with one attached hydrogen (secondary N) is 2. The molecule has 0 radical (unpaired) electrons. The second-order valence-electron chi connectivity index (χ2n) is 6.06. The Labute approximate surface area is 147 Å². The number of furan rings is 1. The second-order valence-corrected chi connectivity index (χ2v) is 6.06. The number of hydrogen-bond donors (Lipinski definition) is 2. The molecule has 0 amide bonds. The van der Waals surface area contributed by atoms with E-state index in [1.807, 2.05) is 36.5 Å². The Balaban J connectivity index is 1.55. The van der Waals surface area contributed by atoms with Crippen molar-refractivity contribution in [3.63, 3.8) is 0 Å². The van der Waals surface area contributed by atoms with Crippen molar-refractivity contribution in [1.29, 1.82) is 0 Å². The highest BCUT2D eigenvalue weighted by Crippen LogP contribution is 2.35. The molecule has 0 saturated carbocycles. The molecule has 2 N–H and O–H groups in total. The van der Waals surface area contributed by atoms with Crippen LogP contribution >= 0.6 is 0 Å². The predicted octanol–water partition coefficient (Wildman–Crippen LogP) is 4.75. The normalized spacial score (nSPS) is 16.4. The summed E-state index contributed by atoms with van der Waals surface area (Å²) in [5, 5.41) is 6.69. The molecule has 4 nitrogen and oxygen atoms in total. The van der Waals surface area contributed by atoms with Crippen LogP contribution in [0.1, 0.15) is 17.3 Å². The van der Waals surface area contributed by atoms with Crippen LogP contribution in [0, 0.1) is 6.92 Å². The van der Waals surface area contributed by atoms with Gasteiger partial charge in [0.1, 0.15) is 11.9 Å². The van der Waals surface area contributed by atoms with E-state index in [9.17, 15) is 0 Å². The molecule has 4 heteroatoms. The van der Waals surface area contributed by atoms with Crippen LogP contribution in [-0.2, 0) is 0 Å². The van der Waals surface area contributed by atoms with Crippen LogP contribution in [-0.4, -0.2) is 6.54 Å². The largest absolute Gasteiger partial charge is 0.460 e. The molecule has 1 unspecified atom stereocenters. The van der Waals surface area contributed by atoms with Gasteiger partial charge in [-0.3, -0.25) is 5.32 Å². The number of benzene rings is 2. The van der Waals surface area contributed by atoms with Gasteiger partial charge in [-0.15, -0.1) is 0 Å². The van der Waals surface area contributed by atoms with Gasteiger partial charge >= 0.3 is 0 Å². The molecule has 0 saturated heterocycles. The van der Waals surface area contributed by atoms with E-state index in [1.54, 1.807) is 6.26 Å². The van der Waals surface area contributed by atoms with E-state index in [0.717, 1.165) is 23.6 Å². The fraction of sp³-hybridized carbons (Fsp3) is 0.143. The van der Waals surface area contributed by atoms with Crippen LogP contribution in [0.4, 0.5) is 0 Å². The van der Waals surface area contributed by atoms with Crippen molar-refractivity contribution in [1.82, 2.24) is 10.6 Å². The van der Waals surface area contributed by atoms with Gasteiger partial charge < -0.3 is 14.5 Å². The van der Waals surface area contributed by atoms with E-state index in [2.05, 4.69) is 47.9 Å². The summed E-state index contributed by atoms with van der Waals surface area (Å²) in [5.74, 6) is 2.25. The first kappa shape index (κ1) is 15.5. The quantitative estimate of drug-likeness (QED) is 0.723. The zero-order chi connectivity index (χ0) is 17.1. The van der Waals surface area contributed by atoms with Crippen molar-refractivity contribution in [3.8, 4) is 22.8 Å². The molecule has 0 aliphatic carbocycles. The molecule has 0 fully saturated rings. The van der Waals surface area contributed by atoms with Crippen molar-refractivity contribution >= 4 is 0 Å². The van der Waals surface area contributed by atoms with Gasteiger partial charge in [0, 0.05) is 18.2 Å². The smallest absolute Gasteiger partial charge is 0.176 e. The van der Waals surface area contributed by atoms with Gasteiger partial charge in [0.25, 0.3) is 0 Å². The third-order valence-electron chi connectivity index (χ3n) is 4.20. The van der Waals surface area contributed by atoms with Crippen LogP contribution in [0.3, 0.4) is 0 Å². The van der Waals surface area contributed by atoms with E-state index in [1.165, 1.54) is 11.1 Å². The first-order chi connectivity index (χ1) is 12.3.